The number of sulfonamides is 1. The highest BCUT2D eigenvalue weighted by Gasteiger charge is 2.35. The van der Waals surface area contributed by atoms with Crippen molar-refractivity contribution < 1.29 is 13.2 Å². The fourth-order valence-electron chi connectivity index (χ4n) is 3.13. The fraction of sp³-hybridized carbons (Fsp3) is 0.389. The summed E-state index contributed by atoms with van der Waals surface area (Å²) < 4.78 is 27.2. The van der Waals surface area contributed by atoms with Gasteiger partial charge in [0, 0.05) is 40.3 Å². The number of carbonyl (C=O) groups excluding carboxylic acids is 1. The van der Waals surface area contributed by atoms with Crippen LogP contribution in [0.2, 0.25) is 0 Å². The van der Waals surface area contributed by atoms with Crippen molar-refractivity contribution in [2.24, 2.45) is 0 Å². The summed E-state index contributed by atoms with van der Waals surface area (Å²) in [5, 5.41) is 1.77. The SMILES string of the molecule is CN(C)C(=O)[C@H](c1ccccc1)N1CCN(S(=O)(=O)c2cccs2)CC1. The summed E-state index contributed by atoms with van der Waals surface area (Å²) in [5.41, 5.74) is 0.931. The predicted molar refractivity (Wildman–Crippen MR) is 103 cm³/mol. The van der Waals surface area contributed by atoms with Gasteiger partial charge in [0.15, 0.2) is 0 Å². The Balaban J connectivity index is 1.77. The lowest BCUT2D eigenvalue weighted by atomic mass is 10.0. The molecule has 0 saturated carbocycles. The predicted octanol–water partition coefficient (Wildman–Crippen LogP) is 1.88. The van der Waals surface area contributed by atoms with Gasteiger partial charge in [-0.1, -0.05) is 36.4 Å². The second-order valence-electron chi connectivity index (χ2n) is 6.42. The third-order valence-corrected chi connectivity index (χ3v) is 7.79. The van der Waals surface area contributed by atoms with Crippen molar-refractivity contribution in [2.75, 3.05) is 40.3 Å². The second-order valence-corrected chi connectivity index (χ2v) is 9.53. The number of hydrogen-bond acceptors (Lipinski definition) is 5. The molecule has 26 heavy (non-hydrogen) atoms. The van der Waals surface area contributed by atoms with E-state index in [1.54, 1.807) is 36.5 Å². The molecule has 0 spiro atoms. The van der Waals surface area contributed by atoms with Gasteiger partial charge in [0.2, 0.25) is 5.91 Å². The van der Waals surface area contributed by atoms with Crippen molar-refractivity contribution in [3.05, 3.63) is 53.4 Å². The Labute approximate surface area is 158 Å². The summed E-state index contributed by atoms with van der Waals surface area (Å²) in [6, 6.07) is 12.6. The van der Waals surface area contributed by atoms with Crippen LogP contribution in [0.15, 0.2) is 52.1 Å². The van der Waals surface area contributed by atoms with Gasteiger partial charge in [-0.25, -0.2) is 8.42 Å². The summed E-state index contributed by atoms with van der Waals surface area (Å²) in [4.78, 5) is 16.4. The molecule has 2 heterocycles. The average Bonchev–Trinajstić information content (AvgIpc) is 3.19. The number of likely N-dealkylation sites (N-methyl/N-ethyl adjacent to an activating group) is 1. The molecule has 1 amide bonds. The number of piperazine rings is 1. The molecule has 1 atom stereocenters. The zero-order chi connectivity index (χ0) is 18.7. The minimum Gasteiger partial charge on any atom is -0.347 e. The molecule has 1 aliphatic rings. The number of amides is 1. The van der Waals surface area contributed by atoms with Gasteiger partial charge < -0.3 is 4.90 Å². The molecular weight excluding hydrogens is 370 g/mol. The maximum atomic E-state index is 12.8. The van der Waals surface area contributed by atoms with Crippen LogP contribution < -0.4 is 0 Å². The maximum Gasteiger partial charge on any atom is 0.252 e. The molecule has 0 unspecified atom stereocenters. The number of thiophene rings is 1. The summed E-state index contributed by atoms with van der Waals surface area (Å²) in [5.74, 6) is 0.00534. The van der Waals surface area contributed by atoms with Crippen LogP contribution in [0.5, 0.6) is 0 Å². The van der Waals surface area contributed by atoms with Crippen LogP contribution in [0.1, 0.15) is 11.6 Å². The minimum atomic E-state index is -3.44. The summed E-state index contributed by atoms with van der Waals surface area (Å²) in [6.07, 6.45) is 0. The van der Waals surface area contributed by atoms with Crippen LogP contribution in [-0.2, 0) is 14.8 Å². The van der Waals surface area contributed by atoms with Crippen molar-refractivity contribution in [3.8, 4) is 0 Å². The van der Waals surface area contributed by atoms with Crippen LogP contribution in [-0.4, -0.2) is 68.7 Å². The Morgan fingerprint density at radius 1 is 1.04 bits per heavy atom. The third-order valence-electron chi connectivity index (χ3n) is 4.52. The number of nitrogens with zero attached hydrogens (tertiary/aromatic N) is 3. The third kappa shape index (κ3) is 3.83. The Hall–Kier alpha value is -1.74. The molecule has 1 aliphatic heterocycles. The molecule has 140 valence electrons. The highest BCUT2D eigenvalue weighted by atomic mass is 32.2. The zero-order valence-corrected chi connectivity index (χ0v) is 16.5. The van der Waals surface area contributed by atoms with Gasteiger partial charge in [0.05, 0.1) is 0 Å². The normalized spacial score (nSPS) is 17.8. The second kappa shape index (κ2) is 7.87. The van der Waals surface area contributed by atoms with Crippen LogP contribution >= 0.6 is 11.3 Å². The van der Waals surface area contributed by atoms with Crippen LogP contribution in [0.25, 0.3) is 0 Å². The van der Waals surface area contributed by atoms with E-state index in [-0.39, 0.29) is 5.91 Å². The van der Waals surface area contributed by atoms with Crippen molar-refractivity contribution in [1.29, 1.82) is 0 Å². The van der Waals surface area contributed by atoms with E-state index in [4.69, 9.17) is 0 Å². The molecular formula is C18H23N3O3S2. The topological polar surface area (TPSA) is 60.9 Å². The largest absolute Gasteiger partial charge is 0.347 e. The lowest BCUT2D eigenvalue weighted by Crippen LogP contribution is -2.52. The number of rotatable bonds is 5. The molecule has 6 nitrogen and oxygen atoms in total. The van der Waals surface area contributed by atoms with Crippen molar-refractivity contribution in [2.45, 2.75) is 10.3 Å². The Morgan fingerprint density at radius 3 is 2.23 bits per heavy atom. The first-order valence-electron chi connectivity index (χ1n) is 8.45. The Bertz CT molecular complexity index is 828. The quantitative estimate of drug-likeness (QED) is 0.778. The van der Waals surface area contributed by atoms with E-state index in [0.717, 1.165) is 5.56 Å². The Morgan fingerprint density at radius 2 is 1.69 bits per heavy atom. The molecule has 1 saturated heterocycles. The zero-order valence-electron chi connectivity index (χ0n) is 14.9. The molecule has 1 aromatic heterocycles. The van der Waals surface area contributed by atoms with Crippen molar-refractivity contribution >= 4 is 27.3 Å². The van der Waals surface area contributed by atoms with E-state index < -0.39 is 16.1 Å². The highest BCUT2D eigenvalue weighted by molar-refractivity contribution is 7.91. The standard InChI is InChI=1S/C18H23N3O3S2/c1-19(2)18(22)17(15-7-4-3-5-8-15)20-10-12-21(13-11-20)26(23,24)16-9-6-14-25-16/h3-9,14,17H,10-13H2,1-2H3/t17-/m0/s1. The summed E-state index contributed by atoms with van der Waals surface area (Å²) in [7, 11) is 0.0524. The van der Waals surface area contributed by atoms with E-state index in [0.29, 0.717) is 30.4 Å². The van der Waals surface area contributed by atoms with E-state index >= 15 is 0 Å². The van der Waals surface area contributed by atoms with E-state index in [1.165, 1.54) is 15.6 Å². The fourth-order valence-corrected chi connectivity index (χ4v) is 5.70. The molecule has 1 aromatic carbocycles. The Kier molecular flexibility index (Phi) is 5.76. The van der Waals surface area contributed by atoms with Gasteiger partial charge in [0.25, 0.3) is 10.0 Å². The first kappa shape index (κ1) is 19.0. The highest BCUT2D eigenvalue weighted by Crippen LogP contribution is 2.27. The van der Waals surface area contributed by atoms with Gasteiger partial charge in [-0.2, -0.15) is 4.31 Å². The lowest BCUT2D eigenvalue weighted by Gasteiger charge is -2.38. The number of hydrogen-bond donors (Lipinski definition) is 0. The average molecular weight is 394 g/mol. The molecule has 0 radical (unpaired) electrons. The monoisotopic (exact) mass is 393 g/mol. The van der Waals surface area contributed by atoms with Gasteiger partial charge in [-0.3, -0.25) is 9.69 Å². The van der Waals surface area contributed by atoms with Crippen LogP contribution in [0.4, 0.5) is 0 Å². The van der Waals surface area contributed by atoms with Crippen molar-refractivity contribution in [3.63, 3.8) is 0 Å². The summed E-state index contributed by atoms with van der Waals surface area (Å²) in [6.45, 7) is 1.79. The number of benzene rings is 1. The number of carbonyl (C=O) groups is 1. The van der Waals surface area contributed by atoms with Crippen molar-refractivity contribution in [1.82, 2.24) is 14.1 Å². The first-order valence-corrected chi connectivity index (χ1v) is 10.8. The lowest BCUT2D eigenvalue weighted by molar-refractivity contribution is -0.135. The first-order chi connectivity index (χ1) is 12.4. The molecule has 0 N–H and O–H groups in total. The van der Waals surface area contributed by atoms with E-state index in [9.17, 15) is 13.2 Å². The molecule has 0 bridgehead atoms. The smallest absolute Gasteiger partial charge is 0.252 e. The van der Waals surface area contributed by atoms with Crippen LogP contribution in [0.3, 0.4) is 0 Å². The van der Waals surface area contributed by atoms with Gasteiger partial charge in [0.1, 0.15) is 10.3 Å². The van der Waals surface area contributed by atoms with E-state index in [2.05, 4.69) is 4.90 Å². The maximum absolute atomic E-state index is 12.8. The van der Waals surface area contributed by atoms with Gasteiger partial charge in [-0.15, -0.1) is 11.3 Å². The molecule has 0 aliphatic carbocycles. The molecule has 1 fully saturated rings. The summed E-state index contributed by atoms with van der Waals surface area (Å²) >= 11 is 1.23. The molecule has 3 rings (SSSR count). The van der Waals surface area contributed by atoms with Gasteiger partial charge in [-0.05, 0) is 17.0 Å². The molecule has 2 aromatic rings. The van der Waals surface area contributed by atoms with E-state index in [1.807, 2.05) is 30.3 Å². The van der Waals surface area contributed by atoms with Crippen LogP contribution in [0, 0.1) is 0 Å². The molecule has 8 heteroatoms. The minimum absolute atomic E-state index is 0.00534. The van der Waals surface area contributed by atoms with Gasteiger partial charge >= 0.3 is 0 Å².